The molecule has 2 rings (SSSR count). The summed E-state index contributed by atoms with van der Waals surface area (Å²) in [6.07, 6.45) is 3.57. The van der Waals surface area contributed by atoms with Gasteiger partial charge in [-0.3, -0.25) is 19.4 Å². The van der Waals surface area contributed by atoms with Crippen molar-refractivity contribution < 1.29 is 33.7 Å². The third kappa shape index (κ3) is 6.61. The number of carboxylic acids is 1. The highest BCUT2D eigenvalue weighted by Gasteiger charge is 2.25. The van der Waals surface area contributed by atoms with E-state index in [4.69, 9.17) is 19.3 Å². The Balaban J connectivity index is 1.98. The smallest absolute Gasteiger partial charge is 0.303 e. The minimum atomic E-state index is -0.886. The number of carbonyl (C=O) groups is 3. The summed E-state index contributed by atoms with van der Waals surface area (Å²) in [5.74, 6) is 0.312. The molecule has 1 aromatic rings. The highest BCUT2D eigenvalue weighted by molar-refractivity contribution is 5.92. The topological polar surface area (TPSA) is 109 Å². The van der Waals surface area contributed by atoms with E-state index in [2.05, 4.69) is 0 Å². The van der Waals surface area contributed by atoms with Gasteiger partial charge in [-0.05, 0) is 30.2 Å². The van der Waals surface area contributed by atoms with Crippen molar-refractivity contribution in [1.29, 1.82) is 0 Å². The minimum absolute atomic E-state index is 0.00789. The van der Waals surface area contributed by atoms with Crippen molar-refractivity contribution in [3.05, 3.63) is 23.8 Å². The molecule has 32 heavy (non-hydrogen) atoms. The van der Waals surface area contributed by atoms with E-state index in [1.165, 1.54) is 34.3 Å². The van der Waals surface area contributed by atoms with Crippen LogP contribution in [0.4, 0.5) is 0 Å². The van der Waals surface area contributed by atoms with Crippen molar-refractivity contribution in [2.45, 2.75) is 19.8 Å². The number of ether oxygens (including phenoxy) is 3. The Morgan fingerprint density at radius 1 is 1.03 bits per heavy atom. The van der Waals surface area contributed by atoms with E-state index in [9.17, 15) is 14.4 Å². The molecule has 0 radical (unpaired) electrons. The second-order valence-corrected chi connectivity index (χ2v) is 7.21. The van der Waals surface area contributed by atoms with Gasteiger partial charge in [-0.25, -0.2) is 5.01 Å². The van der Waals surface area contributed by atoms with Crippen LogP contribution in [-0.2, 0) is 14.4 Å². The molecular weight excluding hydrogens is 418 g/mol. The molecule has 1 aliphatic rings. The van der Waals surface area contributed by atoms with Gasteiger partial charge in [0.1, 0.15) is 0 Å². The lowest BCUT2D eigenvalue weighted by molar-refractivity contribution is -0.153. The molecule has 0 unspecified atom stereocenters. The average molecular weight is 450 g/mol. The van der Waals surface area contributed by atoms with Crippen LogP contribution in [-0.4, -0.2) is 91.9 Å². The molecule has 0 atom stereocenters. The Morgan fingerprint density at radius 2 is 1.62 bits per heavy atom. The summed E-state index contributed by atoms with van der Waals surface area (Å²) < 4.78 is 16.0. The Kier molecular flexibility index (Phi) is 9.33. The van der Waals surface area contributed by atoms with Crippen molar-refractivity contribution in [1.82, 2.24) is 14.9 Å². The second kappa shape index (κ2) is 11.9. The number of carbonyl (C=O) groups excluding carboxylic acids is 2. The third-order valence-corrected chi connectivity index (χ3v) is 5.14. The maximum Gasteiger partial charge on any atom is 0.303 e. The monoisotopic (exact) mass is 449 g/mol. The first-order chi connectivity index (χ1) is 15.3. The van der Waals surface area contributed by atoms with Gasteiger partial charge in [0.15, 0.2) is 11.5 Å². The van der Waals surface area contributed by atoms with Gasteiger partial charge in [-0.2, -0.15) is 0 Å². The van der Waals surface area contributed by atoms with Crippen molar-refractivity contribution in [3.8, 4) is 17.2 Å². The number of nitrogens with zero attached hydrogens (tertiary/aromatic N) is 3. The predicted molar refractivity (Wildman–Crippen MR) is 118 cm³/mol. The van der Waals surface area contributed by atoms with Crippen LogP contribution >= 0.6 is 0 Å². The lowest BCUT2D eigenvalue weighted by Crippen LogP contribution is -2.56. The molecule has 1 fully saturated rings. The number of benzene rings is 1. The lowest BCUT2D eigenvalue weighted by atomic mass is 10.1. The summed E-state index contributed by atoms with van der Waals surface area (Å²) >= 11 is 0. The molecule has 2 amide bonds. The van der Waals surface area contributed by atoms with Crippen LogP contribution in [0.15, 0.2) is 18.2 Å². The average Bonchev–Trinajstić information content (AvgIpc) is 2.79. The number of hydrazine groups is 1. The van der Waals surface area contributed by atoms with E-state index in [0.29, 0.717) is 56.4 Å². The Labute approximate surface area is 187 Å². The molecule has 0 spiro atoms. The van der Waals surface area contributed by atoms with Gasteiger partial charge in [-0.15, -0.1) is 0 Å². The molecule has 176 valence electrons. The van der Waals surface area contributed by atoms with Crippen molar-refractivity contribution >= 4 is 23.9 Å². The van der Waals surface area contributed by atoms with E-state index in [-0.39, 0.29) is 18.2 Å². The summed E-state index contributed by atoms with van der Waals surface area (Å²) in [5.41, 5.74) is 0.729. The maximum absolute atomic E-state index is 12.6. The number of hydrogen-bond donors (Lipinski definition) is 1. The van der Waals surface area contributed by atoms with Crippen molar-refractivity contribution in [3.63, 3.8) is 0 Å². The fraction of sp³-hybridized carbons (Fsp3) is 0.500. The highest BCUT2D eigenvalue weighted by atomic mass is 16.5. The van der Waals surface area contributed by atoms with Crippen LogP contribution in [0.1, 0.15) is 25.3 Å². The second-order valence-electron chi connectivity index (χ2n) is 7.21. The summed E-state index contributed by atoms with van der Waals surface area (Å²) in [6.45, 7) is 3.71. The van der Waals surface area contributed by atoms with Crippen molar-refractivity contribution in [2.75, 3.05) is 54.1 Å². The van der Waals surface area contributed by atoms with Crippen LogP contribution in [0, 0.1) is 0 Å². The molecule has 0 aliphatic carbocycles. The molecular formula is C22H31N3O7. The van der Waals surface area contributed by atoms with E-state index >= 15 is 0 Å². The zero-order chi connectivity index (χ0) is 23.7. The normalized spacial score (nSPS) is 14.3. The summed E-state index contributed by atoms with van der Waals surface area (Å²) in [6, 6.07) is 3.51. The lowest BCUT2D eigenvalue weighted by Gasteiger charge is -2.40. The van der Waals surface area contributed by atoms with Gasteiger partial charge in [0.25, 0.3) is 0 Å². The van der Waals surface area contributed by atoms with E-state index in [0.717, 1.165) is 5.56 Å². The largest absolute Gasteiger partial charge is 0.493 e. The van der Waals surface area contributed by atoms with Crippen LogP contribution in [0.25, 0.3) is 6.08 Å². The molecule has 1 heterocycles. The first-order valence-corrected chi connectivity index (χ1v) is 10.3. The number of rotatable bonds is 10. The Bertz CT molecular complexity index is 823. The van der Waals surface area contributed by atoms with Crippen LogP contribution < -0.4 is 14.2 Å². The molecule has 10 heteroatoms. The zero-order valence-electron chi connectivity index (χ0n) is 19.0. The molecule has 1 N–H and O–H groups in total. The van der Waals surface area contributed by atoms with Gasteiger partial charge < -0.3 is 24.2 Å². The van der Waals surface area contributed by atoms with Gasteiger partial charge in [-0.1, -0.05) is 0 Å². The molecule has 0 bridgehead atoms. The SMILES string of the molecule is COc1cc(C=CC(=O)N2CCN(N(CCCC(=O)O)C(C)=O)CC2)cc(OC)c1OC. The third-order valence-electron chi connectivity index (χ3n) is 5.14. The van der Waals surface area contributed by atoms with Gasteiger partial charge in [0, 0.05) is 52.1 Å². The van der Waals surface area contributed by atoms with Crippen LogP contribution in [0.3, 0.4) is 0 Å². The number of hydrogen-bond acceptors (Lipinski definition) is 7. The first kappa shape index (κ1) is 25.0. The Morgan fingerprint density at radius 3 is 2.09 bits per heavy atom. The van der Waals surface area contributed by atoms with E-state index < -0.39 is 5.97 Å². The number of amides is 2. The number of aliphatic carboxylic acids is 1. The van der Waals surface area contributed by atoms with Crippen molar-refractivity contribution in [2.24, 2.45) is 0 Å². The number of carboxylic acid groups (broad SMARTS) is 1. The molecule has 1 aliphatic heterocycles. The van der Waals surface area contributed by atoms with Gasteiger partial charge in [0.05, 0.1) is 21.3 Å². The zero-order valence-corrected chi connectivity index (χ0v) is 19.0. The molecule has 10 nitrogen and oxygen atoms in total. The summed E-state index contributed by atoms with van der Waals surface area (Å²) in [5, 5.41) is 12.2. The fourth-order valence-corrected chi connectivity index (χ4v) is 3.51. The van der Waals surface area contributed by atoms with E-state index in [1.54, 1.807) is 28.1 Å². The van der Waals surface area contributed by atoms with Gasteiger partial charge in [0.2, 0.25) is 17.6 Å². The minimum Gasteiger partial charge on any atom is -0.493 e. The quantitative estimate of drug-likeness (QED) is 0.536. The standard InChI is InChI=1S/C22H31N3O7/c1-16(26)25(9-5-6-21(28)29)24-12-10-23(11-13-24)20(27)8-7-17-14-18(30-2)22(32-4)19(15-17)31-3/h7-8,14-15H,5-6,9-13H2,1-4H3,(H,28,29). The van der Waals surface area contributed by atoms with Crippen LogP contribution in [0.5, 0.6) is 17.2 Å². The molecule has 1 saturated heterocycles. The number of piperazine rings is 1. The summed E-state index contributed by atoms with van der Waals surface area (Å²) in [4.78, 5) is 37.0. The van der Waals surface area contributed by atoms with Crippen LogP contribution in [0.2, 0.25) is 0 Å². The maximum atomic E-state index is 12.6. The summed E-state index contributed by atoms with van der Waals surface area (Å²) in [7, 11) is 4.58. The van der Waals surface area contributed by atoms with Gasteiger partial charge >= 0.3 is 5.97 Å². The highest BCUT2D eigenvalue weighted by Crippen LogP contribution is 2.38. The molecule has 0 aromatic heterocycles. The van der Waals surface area contributed by atoms with E-state index in [1.807, 2.05) is 5.01 Å². The predicted octanol–water partition coefficient (Wildman–Crippen LogP) is 1.50. The molecule has 1 aromatic carbocycles. The molecule has 0 saturated carbocycles. The first-order valence-electron chi connectivity index (χ1n) is 10.3. The fourth-order valence-electron chi connectivity index (χ4n) is 3.51. The number of methoxy groups -OCH3 is 3. The Hall–Kier alpha value is -3.27.